The van der Waals surface area contributed by atoms with Crippen LogP contribution in [0.4, 0.5) is 0 Å². The van der Waals surface area contributed by atoms with Gasteiger partial charge in [0.1, 0.15) is 11.5 Å². The zero-order chi connectivity index (χ0) is 14.7. The van der Waals surface area contributed by atoms with Gasteiger partial charge in [-0.2, -0.15) is 0 Å². The van der Waals surface area contributed by atoms with Gasteiger partial charge in [-0.25, -0.2) is 0 Å². The van der Waals surface area contributed by atoms with Gasteiger partial charge in [0.2, 0.25) is 0 Å². The van der Waals surface area contributed by atoms with Gasteiger partial charge < -0.3 is 19.7 Å². The van der Waals surface area contributed by atoms with Crippen molar-refractivity contribution in [2.45, 2.75) is 44.3 Å². The topological polar surface area (TPSA) is 33.7 Å². The van der Waals surface area contributed by atoms with Gasteiger partial charge in [-0.1, -0.05) is 0 Å². The van der Waals surface area contributed by atoms with E-state index in [1.54, 1.807) is 14.2 Å². The van der Waals surface area contributed by atoms with Crippen molar-refractivity contribution in [2.24, 2.45) is 0 Å². The van der Waals surface area contributed by atoms with Gasteiger partial charge in [-0.05, 0) is 57.0 Å². The van der Waals surface area contributed by atoms with Crippen LogP contribution < -0.4 is 14.8 Å². The van der Waals surface area contributed by atoms with Crippen molar-refractivity contribution < 1.29 is 9.47 Å². The Hall–Kier alpha value is -1.26. The number of hydrogen-bond acceptors (Lipinski definition) is 4. The molecule has 21 heavy (non-hydrogen) atoms. The van der Waals surface area contributed by atoms with Crippen molar-refractivity contribution >= 4 is 0 Å². The minimum absolute atomic E-state index is 0.625. The number of rotatable bonds is 5. The number of piperidine rings is 1. The molecule has 1 aromatic carbocycles. The van der Waals surface area contributed by atoms with E-state index in [1.165, 1.54) is 44.3 Å². The number of nitrogens with one attached hydrogen (secondary N) is 1. The Kier molecular flexibility index (Phi) is 4.66. The summed E-state index contributed by atoms with van der Waals surface area (Å²) in [5.41, 5.74) is 1.17. The highest BCUT2D eigenvalue weighted by Crippen LogP contribution is 2.28. The largest absolute Gasteiger partial charge is 0.497 e. The molecule has 2 aliphatic heterocycles. The first-order chi connectivity index (χ1) is 10.3. The third-order valence-electron chi connectivity index (χ3n) is 4.89. The average Bonchev–Trinajstić information content (AvgIpc) is 3.00. The highest BCUT2D eigenvalue weighted by molar-refractivity contribution is 5.40. The fourth-order valence-electron chi connectivity index (χ4n) is 3.68. The number of hydrogen-bond donors (Lipinski definition) is 1. The highest BCUT2D eigenvalue weighted by Gasteiger charge is 2.31. The van der Waals surface area contributed by atoms with Crippen molar-refractivity contribution in [1.82, 2.24) is 10.2 Å². The Morgan fingerprint density at radius 3 is 2.90 bits per heavy atom. The van der Waals surface area contributed by atoms with Crippen LogP contribution in [-0.4, -0.2) is 44.3 Å². The molecule has 3 rings (SSSR count). The van der Waals surface area contributed by atoms with E-state index in [0.29, 0.717) is 6.04 Å². The van der Waals surface area contributed by atoms with E-state index in [1.807, 2.05) is 12.1 Å². The average molecular weight is 290 g/mol. The number of nitrogens with zero attached hydrogens (tertiary/aromatic N) is 1. The summed E-state index contributed by atoms with van der Waals surface area (Å²) in [7, 11) is 3.43. The van der Waals surface area contributed by atoms with Crippen LogP contribution in [0.3, 0.4) is 0 Å². The summed E-state index contributed by atoms with van der Waals surface area (Å²) in [5.74, 6) is 1.82. The van der Waals surface area contributed by atoms with Crippen molar-refractivity contribution in [2.75, 3.05) is 27.3 Å². The maximum atomic E-state index is 5.45. The molecule has 0 radical (unpaired) electrons. The van der Waals surface area contributed by atoms with Crippen LogP contribution in [0.2, 0.25) is 0 Å². The summed E-state index contributed by atoms with van der Waals surface area (Å²) in [5, 5.41) is 3.71. The smallest absolute Gasteiger partial charge is 0.123 e. The Morgan fingerprint density at radius 2 is 2.10 bits per heavy atom. The first-order valence-corrected chi connectivity index (χ1v) is 7.98. The lowest BCUT2D eigenvalue weighted by molar-refractivity contribution is 0.166. The predicted molar refractivity (Wildman–Crippen MR) is 84.0 cm³/mol. The summed E-state index contributed by atoms with van der Waals surface area (Å²) in [4.78, 5) is 2.66. The molecule has 1 N–H and O–H groups in total. The molecule has 2 fully saturated rings. The van der Waals surface area contributed by atoms with Crippen LogP contribution in [0, 0.1) is 0 Å². The minimum Gasteiger partial charge on any atom is -0.497 e. The van der Waals surface area contributed by atoms with E-state index >= 15 is 0 Å². The number of benzene rings is 1. The quantitative estimate of drug-likeness (QED) is 0.903. The Morgan fingerprint density at radius 1 is 1.19 bits per heavy atom. The normalized spacial score (nSPS) is 25.6. The molecule has 2 aliphatic rings. The van der Waals surface area contributed by atoms with Gasteiger partial charge in [-0.3, -0.25) is 0 Å². The molecule has 2 unspecified atom stereocenters. The lowest BCUT2D eigenvalue weighted by Gasteiger charge is -2.35. The van der Waals surface area contributed by atoms with Gasteiger partial charge in [0.25, 0.3) is 0 Å². The fourth-order valence-corrected chi connectivity index (χ4v) is 3.68. The molecule has 0 saturated carbocycles. The van der Waals surface area contributed by atoms with E-state index in [9.17, 15) is 0 Å². The van der Waals surface area contributed by atoms with E-state index in [2.05, 4.69) is 16.3 Å². The lowest BCUT2D eigenvalue weighted by Crippen LogP contribution is -2.45. The number of ether oxygens (including phenoxy) is 2. The molecule has 116 valence electrons. The summed E-state index contributed by atoms with van der Waals surface area (Å²) in [6.45, 7) is 3.40. The number of methoxy groups -OCH3 is 2. The zero-order valence-electron chi connectivity index (χ0n) is 13.1. The zero-order valence-corrected chi connectivity index (χ0v) is 13.1. The summed E-state index contributed by atoms with van der Waals surface area (Å²) < 4.78 is 10.8. The SMILES string of the molecule is COc1ccc(OC)c(CNC2CCN3CCCC3C2)c1. The standard InChI is InChI=1S/C17H26N2O2/c1-20-16-5-6-17(21-2)13(10-16)12-18-14-7-9-19-8-3-4-15(19)11-14/h5-6,10,14-15,18H,3-4,7-9,11-12H2,1-2H3. The maximum absolute atomic E-state index is 5.45. The van der Waals surface area contributed by atoms with Crippen LogP contribution in [-0.2, 0) is 6.54 Å². The van der Waals surface area contributed by atoms with Crippen molar-refractivity contribution in [3.8, 4) is 11.5 Å². The van der Waals surface area contributed by atoms with Crippen LogP contribution in [0.25, 0.3) is 0 Å². The second-order valence-corrected chi connectivity index (χ2v) is 6.11. The van der Waals surface area contributed by atoms with Gasteiger partial charge in [0.05, 0.1) is 14.2 Å². The third kappa shape index (κ3) is 3.33. The molecule has 0 bridgehead atoms. The third-order valence-corrected chi connectivity index (χ3v) is 4.89. The first-order valence-electron chi connectivity index (χ1n) is 7.98. The second kappa shape index (κ2) is 6.67. The van der Waals surface area contributed by atoms with Gasteiger partial charge >= 0.3 is 0 Å². The number of fused-ring (bicyclic) bond motifs is 1. The van der Waals surface area contributed by atoms with E-state index in [0.717, 1.165) is 24.1 Å². The van der Waals surface area contributed by atoms with Crippen molar-refractivity contribution in [3.05, 3.63) is 23.8 Å². The molecule has 0 aliphatic carbocycles. The van der Waals surface area contributed by atoms with E-state index in [-0.39, 0.29) is 0 Å². The molecular weight excluding hydrogens is 264 g/mol. The van der Waals surface area contributed by atoms with E-state index < -0.39 is 0 Å². The Bertz CT molecular complexity index is 478. The van der Waals surface area contributed by atoms with Gasteiger partial charge in [0.15, 0.2) is 0 Å². The summed E-state index contributed by atoms with van der Waals surface area (Å²) in [6.07, 6.45) is 5.29. The summed E-state index contributed by atoms with van der Waals surface area (Å²) in [6, 6.07) is 7.43. The highest BCUT2D eigenvalue weighted by atomic mass is 16.5. The van der Waals surface area contributed by atoms with Crippen molar-refractivity contribution in [3.63, 3.8) is 0 Å². The van der Waals surface area contributed by atoms with Gasteiger partial charge in [-0.15, -0.1) is 0 Å². The molecular formula is C17H26N2O2. The molecule has 0 aromatic heterocycles. The Balaban J connectivity index is 1.59. The maximum Gasteiger partial charge on any atom is 0.123 e. The first kappa shape index (κ1) is 14.7. The van der Waals surface area contributed by atoms with E-state index in [4.69, 9.17) is 9.47 Å². The monoisotopic (exact) mass is 290 g/mol. The molecule has 0 spiro atoms. The van der Waals surface area contributed by atoms with Crippen molar-refractivity contribution in [1.29, 1.82) is 0 Å². The predicted octanol–water partition coefficient (Wildman–Crippen LogP) is 2.42. The molecule has 4 nitrogen and oxygen atoms in total. The van der Waals surface area contributed by atoms with Gasteiger partial charge in [0, 0.05) is 24.2 Å². The minimum atomic E-state index is 0.625. The molecule has 1 aromatic rings. The summed E-state index contributed by atoms with van der Waals surface area (Å²) >= 11 is 0. The van der Waals surface area contributed by atoms with Crippen LogP contribution in [0.5, 0.6) is 11.5 Å². The molecule has 4 heteroatoms. The van der Waals surface area contributed by atoms with Crippen LogP contribution in [0.15, 0.2) is 18.2 Å². The molecule has 0 amide bonds. The Labute approximate surface area is 127 Å². The molecule has 2 atom stereocenters. The second-order valence-electron chi connectivity index (χ2n) is 6.11. The fraction of sp³-hybridized carbons (Fsp3) is 0.647. The lowest BCUT2D eigenvalue weighted by atomic mass is 9.97. The van der Waals surface area contributed by atoms with Crippen LogP contribution in [0.1, 0.15) is 31.2 Å². The molecule has 2 heterocycles. The molecule has 2 saturated heterocycles. The van der Waals surface area contributed by atoms with Crippen LogP contribution >= 0.6 is 0 Å².